The highest BCUT2D eigenvalue weighted by atomic mass is 35.5. The molecule has 0 bridgehead atoms. The van der Waals surface area contributed by atoms with Crippen molar-refractivity contribution in [3.63, 3.8) is 0 Å². The fraction of sp³-hybridized carbons (Fsp3) is 0.235. The summed E-state index contributed by atoms with van der Waals surface area (Å²) in [5.41, 5.74) is 2.29. The van der Waals surface area contributed by atoms with Gasteiger partial charge in [-0.3, -0.25) is 10.2 Å². The Hall–Kier alpha value is -2.00. The van der Waals surface area contributed by atoms with Gasteiger partial charge in [-0.05, 0) is 44.2 Å². The summed E-state index contributed by atoms with van der Waals surface area (Å²) in [6, 6.07) is 8.64. The lowest BCUT2D eigenvalue weighted by Gasteiger charge is -2.15. The predicted molar refractivity (Wildman–Crippen MR) is 103 cm³/mol. The molecule has 0 saturated carbocycles. The van der Waals surface area contributed by atoms with Crippen molar-refractivity contribution in [3.8, 4) is 11.5 Å². The lowest BCUT2D eigenvalue weighted by Crippen LogP contribution is -2.41. The summed E-state index contributed by atoms with van der Waals surface area (Å²) in [5.74, 6) is 0.124. The maximum absolute atomic E-state index is 12.3. The van der Waals surface area contributed by atoms with Crippen LogP contribution in [0.5, 0.6) is 11.5 Å². The van der Waals surface area contributed by atoms with Crippen molar-refractivity contribution >= 4 is 39.1 Å². The Morgan fingerprint density at radius 2 is 1.81 bits per heavy atom. The van der Waals surface area contributed by atoms with Crippen LogP contribution in [0.1, 0.15) is 24.2 Å². The molecule has 2 aromatic rings. The molecule has 10 heteroatoms. The molecule has 2 N–H and O–H groups in total. The molecule has 0 aromatic heterocycles. The third-order valence-electron chi connectivity index (χ3n) is 3.29. The van der Waals surface area contributed by atoms with Crippen LogP contribution in [0.2, 0.25) is 10.0 Å². The molecule has 0 heterocycles. The van der Waals surface area contributed by atoms with Crippen LogP contribution in [0.25, 0.3) is 0 Å². The molecule has 0 saturated heterocycles. The van der Waals surface area contributed by atoms with Gasteiger partial charge < -0.3 is 9.47 Å². The Labute approximate surface area is 167 Å². The standard InChI is InChI=1S/C17H18Cl2N2O5S/c1-10(2)26-13-8-7-11(9-14(13)25-3)17(22)20-21-27(23,24)15-6-4-5-12(18)16(15)19/h4-10,21H,1-3H3,(H,20,22). The maximum Gasteiger partial charge on any atom is 0.266 e. The smallest absolute Gasteiger partial charge is 0.266 e. The fourth-order valence-corrected chi connectivity index (χ4v) is 3.69. The minimum Gasteiger partial charge on any atom is -0.493 e. The number of hydrazine groups is 1. The van der Waals surface area contributed by atoms with Crippen molar-refractivity contribution < 1.29 is 22.7 Å². The second kappa shape index (κ2) is 8.79. The molecule has 0 unspecified atom stereocenters. The van der Waals surface area contributed by atoms with Crippen LogP contribution < -0.4 is 19.7 Å². The van der Waals surface area contributed by atoms with Gasteiger partial charge in [0.1, 0.15) is 4.90 Å². The summed E-state index contributed by atoms with van der Waals surface area (Å²) < 4.78 is 35.4. The van der Waals surface area contributed by atoms with Crippen molar-refractivity contribution in [1.82, 2.24) is 10.3 Å². The van der Waals surface area contributed by atoms with E-state index in [-0.39, 0.29) is 26.6 Å². The van der Waals surface area contributed by atoms with Gasteiger partial charge in [-0.15, -0.1) is 4.83 Å². The van der Waals surface area contributed by atoms with Crippen molar-refractivity contribution in [2.24, 2.45) is 0 Å². The second-order valence-corrected chi connectivity index (χ2v) is 8.08. The highest BCUT2D eigenvalue weighted by Gasteiger charge is 2.21. The molecule has 1 amide bonds. The number of hydrogen-bond acceptors (Lipinski definition) is 5. The highest BCUT2D eigenvalue weighted by Crippen LogP contribution is 2.30. The molecular weight excluding hydrogens is 415 g/mol. The van der Waals surface area contributed by atoms with Gasteiger partial charge in [0.15, 0.2) is 11.5 Å². The number of amides is 1. The number of ether oxygens (including phenoxy) is 2. The Bertz CT molecular complexity index is 948. The van der Waals surface area contributed by atoms with Crippen molar-refractivity contribution in [3.05, 3.63) is 52.0 Å². The lowest BCUT2D eigenvalue weighted by molar-refractivity contribution is 0.0944. The molecule has 0 aliphatic rings. The van der Waals surface area contributed by atoms with Crippen LogP contribution in [0.4, 0.5) is 0 Å². The first-order valence-corrected chi connectivity index (χ1v) is 10.0. The summed E-state index contributed by atoms with van der Waals surface area (Å²) in [4.78, 5) is 14.0. The van der Waals surface area contributed by atoms with Crippen LogP contribution in [0.15, 0.2) is 41.3 Å². The van der Waals surface area contributed by atoms with Crippen LogP contribution in [-0.2, 0) is 10.0 Å². The summed E-state index contributed by atoms with van der Waals surface area (Å²) in [6.45, 7) is 3.71. The molecule has 0 spiro atoms. The van der Waals surface area contributed by atoms with Crippen molar-refractivity contribution in [2.45, 2.75) is 24.8 Å². The number of rotatable bonds is 7. The molecular formula is C17H18Cl2N2O5S. The zero-order valence-corrected chi connectivity index (χ0v) is 17.1. The number of carbonyl (C=O) groups excluding carboxylic acids is 1. The van der Waals surface area contributed by atoms with E-state index in [0.717, 1.165) is 0 Å². The van der Waals surface area contributed by atoms with Gasteiger partial charge in [-0.25, -0.2) is 8.42 Å². The van der Waals surface area contributed by atoms with Crippen molar-refractivity contribution in [2.75, 3.05) is 7.11 Å². The average molecular weight is 433 g/mol. The average Bonchev–Trinajstić information content (AvgIpc) is 2.61. The van der Waals surface area contributed by atoms with Crippen LogP contribution in [0, 0.1) is 0 Å². The molecule has 146 valence electrons. The Kier molecular flexibility index (Phi) is 6.94. The van der Waals surface area contributed by atoms with E-state index in [1.165, 1.54) is 37.4 Å². The molecule has 2 aromatic carbocycles. The first-order valence-electron chi connectivity index (χ1n) is 7.76. The molecule has 0 radical (unpaired) electrons. The lowest BCUT2D eigenvalue weighted by atomic mass is 10.2. The number of hydrogen-bond donors (Lipinski definition) is 2. The third kappa shape index (κ3) is 5.26. The molecule has 0 fully saturated rings. The summed E-state index contributed by atoms with van der Waals surface area (Å²) >= 11 is 11.7. The van der Waals surface area contributed by atoms with Gasteiger partial charge >= 0.3 is 0 Å². The number of carbonyl (C=O) groups is 1. The van der Waals surface area contributed by atoms with Gasteiger partial charge in [-0.2, -0.15) is 0 Å². The minimum absolute atomic E-state index is 0.0761. The quantitative estimate of drug-likeness (QED) is 0.653. The van der Waals surface area contributed by atoms with Gasteiger partial charge in [0.25, 0.3) is 15.9 Å². The van der Waals surface area contributed by atoms with Gasteiger partial charge in [-0.1, -0.05) is 29.3 Å². The van der Waals surface area contributed by atoms with E-state index in [9.17, 15) is 13.2 Å². The molecule has 0 aliphatic carbocycles. The first kappa shape index (κ1) is 21.3. The van der Waals surface area contributed by atoms with Crippen LogP contribution >= 0.6 is 23.2 Å². The van der Waals surface area contributed by atoms with E-state index in [0.29, 0.717) is 11.5 Å². The van der Waals surface area contributed by atoms with Gasteiger partial charge in [0, 0.05) is 5.56 Å². The zero-order chi connectivity index (χ0) is 20.2. The number of halogens is 2. The van der Waals surface area contributed by atoms with E-state index in [4.69, 9.17) is 32.7 Å². The SMILES string of the molecule is COc1cc(C(=O)NNS(=O)(=O)c2cccc(Cl)c2Cl)ccc1OC(C)C. The van der Waals surface area contributed by atoms with E-state index in [1.807, 2.05) is 18.7 Å². The molecule has 0 aliphatic heterocycles. The molecule has 0 atom stereocenters. The van der Waals surface area contributed by atoms with Gasteiger partial charge in [0.05, 0.1) is 23.3 Å². The summed E-state index contributed by atoms with van der Waals surface area (Å²) in [5, 5.41) is -0.0610. The maximum atomic E-state index is 12.3. The number of benzene rings is 2. The Balaban J connectivity index is 2.16. The predicted octanol–water partition coefficient (Wildman–Crippen LogP) is 3.41. The number of nitrogens with one attached hydrogen (secondary N) is 2. The van der Waals surface area contributed by atoms with Crippen molar-refractivity contribution in [1.29, 1.82) is 0 Å². The largest absolute Gasteiger partial charge is 0.493 e. The Morgan fingerprint density at radius 3 is 2.44 bits per heavy atom. The Morgan fingerprint density at radius 1 is 1.11 bits per heavy atom. The summed E-state index contributed by atoms with van der Waals surface area (Å²) in [7, 11) is -2.67. The topological polar surface area (TPSA) is 93.7 Å². The van der Waals surface area contributed by atoms with Gasteiger partial charge in [0.2, 0.25) is 0 Å². The van der Waals surface area contributed by atoms with E-state index in [1.54, 1.807) is 6.07 Å². The molecule has 27 heavy (non-hydrogen) atoms. The van der Waals surface area contributed by atoms with Crippen LogP contribution in [-0.4, -0.2) is 27.5 Å². The molecule has 7 nitrogen and oxygen atoms in total. The zero-order valence-electron chi connectivity index (χ0n) is 14.7. The fourth-order valence-electron chi connectivity index (χ4n) is 2.09. The third-order valence-corrected chi connectivity index (χ3v) is 5.51. The second-order valence-electron chi connectivity index (χ2n) is 5.64. The monoisotopic (exact) mass is 432 g/mol. The molecule has 2 rings (SSSR count). The minimum atomic E-state index is -4.11. The van der Waals surface area contributed by atoms with E-state index in [2.05, 4.69) is 5.43 Å². The number of methoxy groups -OCH3 is 1. The normalized spacial score (nSPS) is 11.3. The highest BCUT2D eigenvalue weighted by molar-refractivity contribution is 7.89. The summed E-state index contributed by atoms with van der Waals surface area (Å²) in [6.07, 6.45) is -0.0761. The number of sulfonamides is 1. The first-order chi connectivity index (χ1) is 12.7. The van der Waals surface area contributed by atoms with Crippen LogP contribution in [0.3, 0.4) is 0 Å². The van der Waals surface area contributed by atoms with E-state index >= 15 is 0 Å². The van der Waals surface area contributed by atoms with E-state index < -0.39 is 15.9 Å².